The van der Waals surface area contributed by atoms with Gasteiger partial charge in [0, 0.05) is 23.8 Å². The van der Waals surface area contributed by atoms with Crippen molar-refractivity contribution in [1.29, 1.82) is 0 Å². The first-order chi connectivity index (χ1) is 16.4. The SMILES string of the molecule is Cc1ccc(O)c(-c2ccc(C(=O)NS(=O)(=O)c3cccnc3N)c(N3CCC(C)C3(C)C)n2)c1. The first-order valence-electron chi connectivity index (χ1n) is 11.3. The summed E-state index contributed by atoms with van der Waals surface area (Å²) >= 11 is 0. The van der Waals surface area contributed by atoms with Crippen LogP contribution >= 0.6 is 0 Å². The predicted molar refractivity (Wildman–Crippen MR) is 135 cm³/mol. The van der Waals surface area contributed by atoms with E-state index in [1.165, 1.54) is 24.4 Å². The molecule has 3 heterocycles. The number of carbonyl (C=O) groups is 1. The Morgan fingerprint density at radius 2 is 1.97 bits per heavy atom. The first-order valence-corrected chi connectivity index (χ1v) is 12.8. The molecule has 184 valence electrons. The van der Waals surface area contributed by atoms with Crippen LogP contribution in [0.2, 0.25) is 0 Å². The molecule has 1 aliphatic heterocycles. The van der Waals surface area contributed by atoms with E-state index in [1.54, 1.807) is 18.2 Å². The molecule has 35 heavy (non-hydrogen) atoms. The van der Waals surface area contributed by atoms with E-state index in [0.29, 0.717) is 29.5 Å². The fourth-order valence-electron chi connectivity index (χ4n) is 4.31. The van der Waals surface area contributed by atoms with Gasteiger partial charge < -0.3 is 15.7 Å². The van der Waals surface area contributed by atoms with Crippen LogP contribution in [0.1, 0.15) is 43.1 Å². The van der Waals surface area contributed by atoms with Crippen molar-refractivity contribution < 1.29 is 18.3 Å². The number of aromatic hydroxyl groups is 1. The molecule has 4 N–H and O–H groups in total. The molecule has 0 bridgehead atoms. The number of aryl methyl sites for hydroxylation is 1. The van der Waals surface area contributed by atoms with Gasteiger partial charge in [-0.25, -0.2) is 23.1 Å². The van der Waals surface area contributed by atoms with Crippen molar-refractivity contribution in [2.24, 2.45) is 5.92 Å². The van der Waals surface area contributed by atoms with E-state index in [0.717, 1.165) is 12.0 Å². The highest BCUT2D eigenvalue weighted by molar-refractivity contribution is 7.90. The van der Waals surface area contributed by atoms with E-state index < -0.39 is 15.9 Å². The maximum atomic E-state index is 13.3. The molecule has 1 unspecified atom stereocenters. The highest BCUT2D eigenvalue weighted by Crippen LogP contribution is 2.40. The van der Waals surface area contributed by atoms with Crippen LogP contribution in [0.3, 0.4) is 0 Å². The van der Waals surface area contributed by atoms with Gasteiger partial charge in [-0.05, 0) is 69.5 Å². The zero-order valence-corrected chi connectivity index (χ0v) is 20.9. The van der Waals surface area contributed by atoms with Gasteiger partial charge in [-0.1, -0.05) is 18.6 Å². The molecule has 1 aliphatic rings. The Hall–Kier alpha value is -3.66. The summed E-state index contributed by atoms with van der Waals surface area (Å²) in [6, 6.07) is 11.1. The van der Waals surface area contributed by atoms with Gasteiger partial charge in [0.05, 0.1) is 11.3 Å². The Balaban J connectivity index is 1.81. The summed E-state index contributed by atoms with van der Waals surface area (Å²) in [5, 5.41) is 10.4. The minimum Gasteiger partial charge on any atom is -0.507 e. The number of hydrogen-bond donors (Lipinski definition) is 3. The third kappa shape index (κ3) is 4.53. The van der Waals surface area contributed by atoms with Crippen LogP contribution in [0.15, 0.2) is 53.6 Å². The second-order valence-electron chi connectivity index (χ2n) is 9.40. The van der Waals surface area contributed by atoms with Gasteiger partial charge in [-0.3, -0.25) is 4.79 Å². The van der Waals surface area contributed by atoms with Crippen LogP contribution in [0, 0.1) is 12.8 Å². The minimum atomic E-state index is -4.27. The lowest BCUT2D eigenvalue weighted by molar-refractivity contribution is 0.0981. The zero-order valence-electron chi connectivity index (χ0n) is 20.1. The maximum Gasteiger partial charge on any atom is 0.268 e. The summed E-state index contributed by atoms with van der Waals surface area (Å²) < 4.78 is 27.9. The summed E-state index contributed by atoms with van der Waals surface area (Å²) in [6.45, 7) is 8.82. The molecule has 1 amide bonds. The number of nitrogens with one attached hydrogen (secondary N) is 1. The largest absolute Gasteiger partial charge is 0.507 e. The quantitative estimate of drug-likeness (QED) is 0.489. The van der Waals surface area contributed by atoms with Crippen molar-refractivity contribution in [2.45, 2.75) is 44.6 Å². The average Bonchev–Trinajstić information content (AvgIpc) is 3.07. The zero-order chi connectivity index (χ0) is 25.5. The minimum absolute atomic E-state index is 0.0648. The molecule has 1 fully saturated rings. The molecule has 2 aromatic heterocycles. The fraction of sp³-hybridized carbons (Fsp3) is 0.320. The van der Waals surface area contributed by atoms with E-state index in [1.807, 2.05) is 17.9 Å². The second kappa shape index (κ2) is 8.84. The Kier molecular flexibility index (Phi) is 6.18. The summed E-state index contributed by atoms with van der Waals surface area (Å²) in [5.74, 6) is -0.299. The van der Waals surface area contributed by atoms with Crippen molar-refractivity contribution in [3.05, 3.63) is 59.8 Å². The molecule has 1 aromatic carbocycles. The molecule has 0 spiro atoms. The summed E-state index contributed by atoms with van der Waals surface area (Å²) in [5.41, 5.74) is 7.45. The van der Waals surface area contributed by atoms with Gasteiger partial charge in [0.1, 0.15) is 22.3 Å². The summed E-state index contributed by atoms with van der Waals surface area (Å²) in [7, 11) is -4.27. The lowest BCUT2D eigenvalue weighted by Crippen LogP contribution is -2.43. The summed E-state index contributed by atoms with van der Waals surface area (Å²) in [4.78, 5) is 23.6. The standard InChI is InChI=1S/C25H29N5O4S/c1-15-7-10-20(31)18(14-15)19-9-8-17(23(28-19)30-13-11-16(2)25(30,3)4)24(32)29-35(33,34)21-6-5-12-27-22(21)26/h5-10,12,14,16,31H,11,13H2,1-4H3,(H2,26,27)(H,29,32). The lowest BCUT2D eigenvalue weighted by Gasteiger charge is -2.36. The van der Waals surface area contributed by atoms with Gasteiger partial charge in [-0.15, -0.1) is 0 Å². The van der Waals surface area contributed by atoms with Crippen LogP contribution in [-0.4, -0.2) is 41.5 Å². The number of pyridine rings is 2. The monoisotopic (exact) mass is 495 g/mol. The van der Waals surface area contributed by atoms with Crippen LogP contribution < -0.4 is 15.4 Å². The number of carbonyl (C=O) groups excluding carboxylic acids is 1. The number of nitrogens with zero attached hydrogens (tertiary/aromatic N) is 3. The number of sulfonamides is 1. The number of aromatic nitrogens is 2. The number of amides is 1. The smallest absolute Gasteiger partial charge is 0.268 e. The molecule has 0 saturated carbocycles. The Morgan fingerprint density at radius 1 is 1.23 bits per heavy atom. The topological polar surface area (TPSA) is 139 Å². The molecule has 9 nitrogen and oxygen atoms in total. The molecular formula is C25H29N5O4S. The van der Waals surface area contributed by atoms with E-state index in [2.05, 4.69) is 30.5 Å². The number of benzene rings is 1. The Bertz CT molecular complexity index is 1400. The van der Waals surface area contributed by atoms with Crippen molar-refractivity contribution in [2.75, 3.05) is 17.2 Å². The molecule has 1 atom stereocenters. The highest BCUT2D eigenvalue weighted by Gasteiger charge is 2.41. The van der Waals surface area contributed by atoms with E-state index in [-0.39, 0.29) is 27.6 Å². The van der Waals surface area contributed by atoms with E-state index in [4.69, 9.17) is 10.7 Å². The van der Waals surface area contributed by atoms with Crippen LogP contribution in [0.4, 0.5) is 11.6 Å². The van der Waals surface area contributed by atoms with Gasteiger partial charge in [0.15, 0.2) is 0 Å². The Morgan fingerprint density at radius 3 is 2.63 bits per heavy atom. The second-order valence-corrected chi connectivity index (χ2v) is 11.1. The lowest BCUT2D eigenvalue weighted by atomic mass is 9.90. The van der Waals surface area contributed by atoms with Gasteiger partial charge in [0.2, 0.25) is 0 Å². The van der Waals surface area contributed by atoms with Crippen molar-refractivity contribution >= 4 is 27.6 Å². The molecule has 1 saturated heterocycles. The maximum absolute atomic E-state index is 13.3. The van der Waals surface area contributed by atoms with Crippen molar-refractivity contribution in [3.8, 4) is 17.0 Å². The third-order valence-corrected chi connectivity index (χ3v) is 8.19. The number of nitrogens with two attached hydrogens (primary N) is 1. The van der Waals surface area contributed by atoms with Crippen molar-refractivity contribution in [3.63, 3.8) is 0 Å². The highest BCUT2D eigenvalue weighted by atomic mass is 32.2. The van der Waals surface area contributed by atoms with Gasteiger partial charge in [0.25, 0.3) is 15.9 Å². The molecular weight excluding hydrogens is 466 g/mol. The predicted octanol–water partition coefficient (Wildman–Crippen LogP) is 3.48. The van der Waals surface area contributed by atoms with E-state index in [9.17, 15) is 18.3 Å². The number of hydrogen-bond acceptors (Lipinski definition) is 8. The van der Waals surface area contributed by atoms with Gasteiger partial charge >= 0.3 is 0 Å². The number of rotatable bonds is 5. The normalized spacial score (nSPS) is 17.4. The number of nitrogen functional groups attached to an aromatic ring is 1. The number of anilines is 2. The molecule has 10 heteroatoms. The van der Waals surface area contributed by atoms with Crippen LogP contribution in [0.25, 0.3) is 11.3 Å². The molecule has 3 aromatic rings. The third-order valence-electron chi connectivity index (χ3n) is 6.81. The van der Waals surface area contributed by atoms with Crippen LogP contribution in [0.5, 0.6) is 5.75 Å². The Labute approximate surface area is 205 Å². The summed E-state index contributed by atoms with van der Waals surface area (Å²) in [6.07, 6.45) is 2.26. The fourth-order valence-corrected chi connectivity index (χ4v) is 5.36. The molecule has 0 radical (unpaired) electrons. The van der Waals surface area contributed by atoms with E-state index >= 15 is 0 Å². The average molecular weight is 496 g/mol. The van der Waals surface area contributed by atoms with Crippen LogP contribution in [-0.2, 0) is 10.0 Å². The first kappa shape index (κ1) is 24.5. The molecule has 0 aliphatic carbocycles. The molecule has 4 rings (SSSR count). The number of phenolic OH excluding ortho intramolecular Hbond substituents is 1. The van der Waals surface area contributed by atoms with Gasteiger partial charge in [-0.2, -0.15) is 0 Å². The van der Waals surface area contributed by atoms with Crippen molar-refractivity contribution in [1.82, 2.24) is 14.7 Å². The number of phenols is 1.